The minimum absolute atomic E-state index is 0.157. The molecule has 0 aromatic rings. The number of hydrogen-bond donors (Lipinski definition) is 0. The maximum absolute atomic E-state index is 12.3. The van der Waals surface area contributed by atoms with Crippen LogP contribution in [-0.2, 0) is 0 Å². The van der Waals surface area contributed by atoms with Crippen LogP contribution >= 0.6 is 0 Å². The molecule has 0 aromatic carbocycles. The van der Waals surface area contributed by atoms with Crippen molar-refractivity contribution >= 4 is 0 Å². The molecule has 0 amide bonds. The first-order valence-corrected chi connectivity index (χ1v) is 2.94. The van der Waals surface area contributed by atoms with Crippen LogP contribution in [0.1, 0.15) is 6.92 Å². The fourth-order valence-electron chi connectivity index (χ4n) is 0.740. The van der Waals surface area contributed by atoms with Gasteiger partial charge in [-0.05, 0) is 17.7 Å². The Labute approximate surface area is 54.4 Å². The SMILES string of the molecule is C=C1C=CC(F)=CC1C. The fourth-order valence-corrected chi connectivity index (χ4v) is 0.740. The lowest BCUT2D eigenvalue weighted by molar-refractivity contribution is 0.643. The zero-order valence-electron chi connectivity index (χ0n) is 5.39. The molecule has 0 spiro atoms. The molecular formula is C8H9F. The third-order valence-electron chi connectivity index (χ3n) is 1.45. The van der Waals surface area contributed by atoms with Crippen LogP contribution in [0.3, 0.4) is 0 Å². The molecule has 0 saturated heterocycles. The minimum atomic E-state index is -0.157. The quantitative estimate of drug-likeness (QED) is 0.465. The lowest BCUT2D eigenvalue weighted by Gasteiger charge is -2.09. The zero-order chi connectivity index (χ0) is 6.85. The molecule has 0 fully saturated rings. The highest BCUT2D eigenvalue weighted by Crippen LogP contribution is 2.20. The molecule has 0 nitrogen and oxygen atoms in total. The van der Waals surface area contributed by atoms with Crippen molar-refractivity contribution in [2.75, 3.05) is 0 Å². The molecule has 9 heavy (non-hydrogen) atoms. The zero-order valence-corrected chi connectivity index (χ0v) is 5.39. The molecule has 1 unspecified atom stereocenters. The summed E-state index contributed by atoms with van der Waals surface area (Å²) in [4.78, 5) is 0. The van der Waals surface area contributed by atoms with E-state index >= 15 is 0 Å². The van der Waals surface area contributed by atoms with Crippen molar-refractivity contribution < 1.29 is 4.39 Å². The molecule has 0 bridgehead atoms. The summed E-state index contributed by atoms with van der Waals surface area (Å²) in [5, 5.41) is 0. The summed E-state index contributed by atoms with van der Waals surface area (Å²) < 4.78 is 12.3. The van der Waals surface area contributed by atoms with Crippen LogP contribution in [0.15, 0.2) is 36.2 Å². The molecule has 0 aliphatic heterocycles. The molecule has 0 radical (unpaired) electrons. The Morgan fingerprint density at radius 3 is 2.67 bits per heavy atom. The monoisotopic (exact) mass is 124 g/mol. The van der Waals surface area contributed by atoms with Crippen molar-refractivity contribution in [2.24, 2.45) is 5.92 Å². The largest absolute Gasteiger partial charge is 0.207 e. The van der Waals surface area contributed by atoms with Crippen LogP contribution in [0.5, 0.6) is 0 Å². The Bertz CT molecular complexity index is 187. The molecule has 1 heteroatoms. The van der Waals surface area contributed by atoms with E-state index in [1.54, 1.807) is 12.2 Å². The second-order valence-corrected chi connectivity index (χ2v) is 2.25. The van der Waals surface area contributed by atoms with Crippen LogP contribution in [0.4, 0.5) is 4.39 Å². The summed E-state index contributed by atoms with van der Waals surface area (Å²) in [5.41, 5.74) is 0.969. The first-order valence-electron chi connectivity index (χ1n) is 2.94. The van der Waals surface area contributed by atoms with Gasteiger partial charge in [-0.25, -0.2) is 4.39 Å². The van der Waals surface area contributed by atoms with E-state index in [1.165, 1.54) is 6.08 Å². The van der Waals surface area contributed by atoms with Gasteiger partial charge in [-0.3, -0.25) is 0 Å². The van der Waals surface area contributed by atoms with E-state index in [0.717, 1.165) is 5.57 Å². The second kappa shape index (κ2) is 2.18. The number of allylic oxidation sites excluding steroid dienone is 5. The van der Waals surface area contributed by atoms with Crippen molar-refractivity contribution in [1.82, 2.24) is 0 Å². The summed E-state index contributed by atoms with van der Waals surface area (Å²) in [6.07, 6.45) is 4.70. The predicted octanol–water partition coefficient (Wildman–Crippen LogP) is 2.60. The van der Waals surface area contributed by atoms with Crippen molar-refractivity contribution in [2.45, 2.75) is 6.92 Å². The van der Waals surface area contributed by atoms with Crippen molar-refractivity contribution in [1.29, 1.82) is 0 Å². The van der Waals surface area contributed by atoms with Gasteiger partial charge in [-0.1, -0.05) is 19.6 Å². The normalized spacial score (nSPS) is 26.2. The van der Waals surface area contributed by atoms with E-state index in [0.29, 0.717) is 0 Å². The van der Waals surface area contributed by atoms with Gasteiger partial charge < -0.3 is 0 Å². The van der Waals surface area contributed by atoms with Gasteiger partial charge in [0.05, 0.1) is 0 Å². The second-order valence-electron chi connectivity index (χ2n) is 2.25. The molecule has 1 aliphatic rings. The first kappa shape index (κ1) is 6.27. The third-order valence-corrected chi connectivity index (χ3v) is 1.45. The average Bonchev–Trinajstić information content (AvgIpc) is 1.80. The topological polar surface area (TPSA) is 0 Å². The van der Waals surface area contributed by atoms with Gasteiger partial charge >= 0.3 is 0 Å². The highest BCUT2D eigenvalue weighted by molar-refractivity contribution is 5.32. The predicted molar refractivity (Wildman–Crippen MR) is 36.6 cm³/mol. The van der Waals surface area contributed by atoms with E-state index in [-0.39, 0.29) is 11.7 Å². The molecule has 0 N–H and O–H groups in total. The van der Waals surface area contributed by atoms with E-state index in [4.69, 9.17) is 0 Å². The lowest BCUT2D eigenvalue weighted by Crippen LogP contribution is -1.95. The van der Waals surface area contributed by atoms with Gasteiger partial charge in [0.1, 0.15) is 5.83 Å². The van der Waals surface area contributed by atoms with Gasteiger partial charge in [0.25, 0.3) is 0 Å². The molecule has 1 rings (SSSR count). The lowest BCUT2D eigenvalue weighted by atomic mass is 9.98. The van der Waals surface area contributed by atoms with E-state index < -0.39 is 0 Å². The highest BCUT2D eigenvalue weighted by atomic mass is 19.1. The Balaban J connectivity index is 2.82. The van der Waals surface area contributed by atoms with Crippen LogP contribution in [-0.4, -0.2) is 0 Å². The van der Waals surface area contributed by atoms with E-state index in [2.05, 4.69) is 6.58 Å². The Hall–Kier alpha value is -0.850. The van der Waals surface area contributed by atoms with E-state index in [9.17, 15) is 4.39 Å². The molecule has 1 aliphatic carbocycles. The summed E-state index contributed by atoms with van der Waals surface area (Å²) in [7, 11) is 0. The van der Waals surface area contributed by atoms with Crippen LogP contribution in [0.25, 0.3) is 0 Å². The first-order chi connectivity index (χ1) is 4.20. The maximum Gasteiger partial charge on any atom is 0.119 e. The number of halogens is 1. The molecule has 1 atom stereocenters. The van der Waals surface area contributed by atoms with Gasteiger partial charge in [0.2, 0.25) is 0 Å². The average molecular weight is 124 g/mol. The van der Waals surface area contributed by atoms with Crippen molar-refractivity contribution in [3.63, 3.8) is 0 Å². The molecular weight excluding hydrogens is 115 g/mol. The standard InChI is InChI=1S/C8H9F/c1-6-3-4-8(9)5-7(6)2/h3-5,7H,1H2,2H3. The summed E-state index contributed by atoms with van der Waals surface area (Å²) in [6.45, 7) is 5.65. The summed E-state index contributed by atoms with van der Waals surface area (Å²) in [5.74, 6) is 0.00454. The summed E-state index contributed by atoms with van der Waals surface area (Å²) in [6, 6.07) is 0. The Morgan fingerprint density at radius 2 is 2.22 bits per heavy atom. The number of hydrogen-bond acceptors (Lipinski definition) is 0. The van der Waals surface area contributed by atoms with Gasteiger partial charge in [0.15, 0.2) is 0 Å². The van der Waals surface area contributed by atoms with Gasteiger partial charge in [0, 0.05) is 5.92 Å². The van der Waals surface area contributed by atoms with Crippen molar-refractivity contribution in [3.8, 4) is 0 Å². The van der Waals surface area contributed by atoms with E-state index in [1.807, 2.05) is 6.92 Å². The Kier molecular flexibility index (Phi) is 1.52. The van der Waals surface area contributed by atoms with Crippen LogP contribution in [0, 0.1) is 5.92 Å². The molecule has 0 saturated carbocycles. The third kappa shape index (κ3) is 1.28. The van der Waals surface area contributed by atoms with Crippen molar-refractivity contribution in [3.05, 3.63) is 36.2 Å². The maximum atomic E-state index is 12.3. The smallest absolute Gasteiger partial charge is 0.119 e. The fraction of sp³-hybridized carbons (Fsp3) is 0.250. The molecule has 0 aromatic heterocycles. The van der Waals surface area contributed by atoms with Crippen LogP contribution in [0.2, 0.25) is 0 Å². The highest BCUT2D eigenvalue weighted by Gasteiger charge is 2.05. The molecule has 0 heterocycles. The van der Waals surface area contributed by atoms with Crippen LogP contribution < -0.4 is 0 Å². The molecule has 48 valence electrons. The Morgan fingerprint density at radius 1 is 1.56 bits per heavy atom. The summed E-state index contributed by atoms with van der Waals surface area (Å²) >= 11 is 0. The number of rotatable bonds is 0. The minimum Gasteiger partial charge on any atom is -0.207 e. The van der Waals surface area contributed by atoms with Gasteiger partial charge in [-0.15, -0.1) is 0 Å². The van der Waals surface area contributed by atoms with Gasteiger partial charge in [-0.2, -0.15) is 0 Å².